The Balaban J connectivity index is 1.74. The van der Waals surface area contributed by atoms with E-state index in [1.165, 1.54) is 25.7 Å². The molecule has 1 saturated carbocycles. The van der Waals surface area contributed by atoms with Crippen molar-refractivity contribution in [3.8, 4) is 0 Å². The van der Waals surface area contributed by atoms with Gasteiger partial charge in [0.05, 0.1) is 11.6 Å². The normalized spacial score (nSPS) is 21.5. The van der Waals surface area contributed by atoms with E-state index in [0.29, 0.717) is 32.0 Å². The number of rotatable bonds is 5. The Morgan fingerprint density at radius 1 is 1.14 bits per heavy atom. The average molecular weight is 403 g/mol. The molecular weight excluding hydrogens is 364 g/mol. The zero-order chi connectivity index (χ0) is 21.1. The molecule has 0 aromatic carbocycles. The second-order valence-corrected chi connectivity index (χ2v) is 9.26. The van der Waals surface area contributed by atoms with Gasteiger partial charge in [0, 0.05) is 49.9 Å². The topological polar surface area (TPSA) is 58.4 Å². The van der Waals surface area contributed by atoms with E-state index in [1.54, 1.807) is 0 Å². The Kier molecular flexibility index (Phi) is 7.01. The van der Waals surface area contributed by atoms with Crippen molar-refractivity contribution in [2.24, 2.45) is 13.0 Å². The summed E-state index contributed by atoms with van der Waals surface area (Å²) in [6.45, 7) is 9.42. The molecule has 3 rings (SSSR count). The van der Waals surface area contributed by atoms with E-state index in [-0.39, 0.29) is 23.8 Å². The van der Waals surface area contributed by atoms with Crippen LogP contribution < -0.4 is 0 Å². The SMILES string of the molecule is Cc1nn(C)c(C)c1CN(C(=O)[C@H]1CCC(=O)N(C2CCCCCC2)C1)C(C)C. The molecule has 1 aliphatic carbocycles. The van der Waals surface area contributed by atoms with Crippen molar-refractivity contribution in [2.75, 3.05) is 6.54 Å². The maximum Gasteiger partial charge on any atom is 0.228 e. The minimum atomic E-state index is -0.0874. The van der Waals surface area contributed by atoms with E-state index >= 15 is 0 Å². The summed E-state index contributed by atoms with van der Waals surface area (Å²) in [5.74, 6) is 0.348. The minimum Gasteiger partial charge on any atom is -0.339 e. The summed E-state index contributed by atoms with van der Waals surface area (Å²) >= 11 is 0. The summed E-state index contributed by atoms with van der Waals surface area (Å²) in [5.41, 5.74) is 3.24. The van der Waals surface area contributed by atoms with Crippen LogP contribution in [0, 0.1) is 19.8 Å². The van der Waals surface area contributed by atoms with Gasteiger partial charge in [-0.3, -0.25) is 14.3 Å². The van der Waals surface area contributed by atoms with Crippen LogP contribution in [0.1, 0.15) is 82.2 Å². The fourth-order valence-electron chi connectivity index (χ4n) is 4.96. The molecule has 29 heavy (non-hydrogen) atoms. The molecule has 0 bridgehead atoms. The van der Waals surface area contributed by atoms with Gasteiger partial charge in [-0.05, 0) is 47.0 Å². The molecule has 0 radical (unpaired) electrons. The zero-order valence-electron chi connectivity index (χ0n) is 18.9. The van der Waals surface area contributed by atoms with Crippen molar-refractivity contribution in [1.82, 2.24) is 19.6 Å². The Labute approximate surface area is 175 Å². The van der Waals surface area contributed by atoms with E-state index in [2.05, 4.69) is 30.8 Å². The highest BCUT2D eigenvalue weighted by atomic mass is 16.2. The molecule has 6 heteroatoms. The summed E-state index contributed by atoms with van der Waals surface area (Å²) in [6, 6.07) is 0.446. The largest absolute Gasteiger partial charge is 0.339 e. The Morgan fingerprint density at radius 2 is 1.79 bits per heavy atom. The lowest BCUT2D eigenvalue weighted by Crippen LogP contribution is -2.51. The number of nitrogens with zero attached hydrogens (tertiary/aromatic N) is 4. The number of hydrogen-bond donors (Lipinski definition) is 0. The molecule has 1 saturated heterocycles. The molecular formula is C23H38N4O2. The minimum absolute atomic E-state index is 0.0874. The number of likely N-dealkylation sites (tertiary alicyclic amines) is 1. The summed E-state index contributed by atoms with van der Waals surface area (Å²) in [7, 11) is 1.95. The van der Waals surface area contributed by atoms with Crippen molar-refractivity contribution in [2.45, 2.75) is 97.7 Å². The van der Waals surface area contributed by atoms with Crippen molar-refractivity contribution < 1.29 is 9.59 Å². The third-order valence-corrected chi connectivity index (χ3v) is 6.95. The molecule has 162 valence electrons. The third kappa shape index (κ3) is 4.84. The van der Waals surface area contributed by atoms with Crippen molar-refractivity contribution >= 4 is 11.8 Å². The van der Waals surface area contributed by atoms with E-state index in [1.807, 2.05) is 23.6 Å². The van der Waals surface area contributed by atoms with Gasteiger partial charge in [0.15, 0.2) is 0 Å². The highest BCUT2D eigenvalue weighted by Gasteiger charge is 2.36. The van der Waals surface area contributed by atoms with Gasteiger partial charge < -0.3 is 9.80 Å². The average Bonchev–Trinajstić information content (AvgIpc) is 2.88. The molecule has 0 unspecified atom stereocenters. The van der Waals surface area contributed by atoms with Crippen LogP contribution in [0.4, 0.5) is 0 Å². The molecule has 2 fully saturated rings. The highest BCUT2D eigenvalue weighted by molar-refractivity contribution is 5.84. The fourth-order valence-corrected chi connectivity index (χ4v) is 4.96. The maximum absolute atomic E-state index is 13.5. The second-order valence-electron chi connectivity index (χ2n) is 9.26. The fraction of sp³-hybridized carbons (Fsp3) is 0.783. The van der Waals surface area contributed by atoms with Crippen molar-refractivity contribution in [1.29, 1.82) is 0 Å². The molecule has 2 aliphatic rings. The number of carbonyl (C=O) groups is 2. The van der Waals surface area contributed by atoms with Crippen molar-refractivity contribution in [3.05, 3.63) is 17.0 Å². The van der Waals surface area contributed by atoms with Gasteiger partial charge in [-0.25, -0.2) is 0 Å². The number of carbonyl (C=O) groups excluding carboxylic acids is 2. The van der Waals surface area contributed by atoms with Gasteiger partial charge in [0.2, 0.25) is 11.8 Å². The van der Waals surface area contributed by atoms with E-state index < -0.39 is 0 Å². The molecule has 6 nitrogen and oxygen atoms in total. The smallest absolute Gasteiger partial charge is 0.228 e. The Morgan fingerprint density at radius 3 is 2.34 bits per heavy atom. The second kappa shape index (κ2) is 9.31. The maximum atomic E-state index is 13.5. The van der Waals surface area contributed by atoms with Gasteiger partial charge in [-0.15, -0.1) is 0 Å². The van der Waals surface area contributed by atoms with Crippen LogP contribution in [0.2, 0.25) is 0 Å². The Bertz CT molecular complexity index is 731. The first kappa shape index (κ1) is 21.8. The summed E-state index contributed by atoms with van der Waals surface area (Å²) in [4.78, 5) is 30.2. The number of aromatic nitrogens is 2. The molecule has 1 atom stereocenters. The van der Waals surface area contributed by atoms with Crippen LogP contribution >= 0.6 is 0 Å². The van der Waals surface area contributed by atoms with E-state index in [9.17, 15) is 9.59 Å². The van der Waals surface area contributed by atoms with Gasteiger partial charge in [-0.2, -0.15) is 5.10 Å². The van der Waals surface area contributed by atoms with Gasteiger partial charge >= 0.3 is 0 Å². The van der Waals surface area contributed by atoms with Crippen LogP contribution in [0.5, 0.6) is 0 Å². The molecule has 1 aliphatic heterocycles. The molecule has 0 spiro atoms. The van der Waals surface area contributed by atoms with Crippen LogP contribution in [-0.4, -0.2) is 50.0 Å². The molecule has 1 aromatic heterocycles. The summed E-state index contributed by atoms with van der Waals surface area (Å²) < 4.78 is 1.89. The number of piperidine rings is 1. The molecule has 2 amide bonds. The Hall–Kier alpha value is -1.85. The predicted molar refractivity (Wildman–Crippen MR) is 114 cm³/mol. The summed E-state index contributed by atoms with van der Waals surface area (Å²) in [5, 5.41) is 4.51. The highest BCUT2D eigenvalue weighted by Crippen LogP contribution is 2.29. The quantitative estimate of drug-likeness (QED) is 0.705. The standard InChI is InChI=1S/C23H38N4O2/c1-16(2)26(15-21-17(3)24-25(5)18(21)4)23(29)19-12-13-22(28)27(14-19)20-10-8-6-7-9-11-20/h16,19-20H,6-15H2,1-5H3/t19-/m0/s1. The number of hydrogen-bond acceptors (Lipinski definition) is 3. The third-order valence-electron chi connectivity index (χ3n) is 6.95. The van der Waals surface area contributed by atoms with Crippen molar-refractivity contribution in [3.63, 3.8) is 0 Å². The molecule has 2 heterocycles. The van der Waals surface area contributed by atoms with Gasteiger partial charge in [0.1, 0.15) is 0 Å². The van der Waals surface area contributed by atoms with Crippen LogP contribution in [-0.2, 0) is 23.2 Å². The first-order chi connectivity index (χ1) is 13.8. The molecule has 0 N–H and O–H groups in total. The predicted octanol–water partition coefficient (Wildman–Crippen LogP) is 3.74. The van der Waals surface area contributed by atoms with Gasteiger partial charge in [0.25, 0.3) is 0 Å². The van der Waals surface area contributed by atoms with Crippen LogP contribution in [0.15, 0.2) is 0 Å². The van der Waals surface area contributed by atoms with Gasteiger partial charge in [-0.1, -0.05) is 25.7 Å². The lowest BCUT2D eigenvalue weighted by atomic mass is 9.92. The van der Waals surface area contributed by atoms with E-state index in [4.69, 9.17) is 0 Å². The number of aryl methyl sites for hydroxylation is 2. The zero-order valence-corrected chi connectivity index (χ0v) is 18.9. The van der Waals surface area contributed by atoms with E-state index in [0.717, 1.165) is 29.8 Å². The lowest BCUT2D eigenvalue weighted by Gasteiger charge is -2.40. The lowest BCUT2D eigenvalue weighted by molar-refractivity contribution is -0.146. The molecule has 1 aromatic rings. The van der Waals surface area contributed by atoms with Crippen LogP contribution in [0.25, 0.3) is 0 Å². The summed E-state index contributed by atoms with van der Waals surface area (Å²) in [6.07, 6.45) is 8.30. The number of amides is 2. The monoisotopic (exact) mass is 402 g/mol. The first-order valence-corrected chi connectivity index (χ1v) is 11.4. The first-order valence-electron chi connectivity index (χ1n) is 11.4. The van der Waals surface area contributed by atoms with Crippen LogP contribution in [0.3, 0.4) is 0 Å².